The molecule has 0 aliphatic carbocycles. The molecule has 1 aliphatic heterocycles. The van der Waals surface area contributed by atoms with Crippen LogP contribution in [0.2, 0.25) is 0 Å². The summed E-state index contributed by atoms with van der Waals surface area (Å²) in [5.74, 6) is -0.953. The van der Waals surface area contributed by atoms with Crippen LogP contribution >= 0.6 is 0 Å². The average molecular weight is 332 g/mol. The van der Waals surface area contributed by atoms with Crippen molar-refractivity contribution in [3.8, 4) is 0 Å². The summed E-state index contributed by atoms with van der Waals surface area (Å²) in [6.45, 7) is 0.391. The Balaban J connectivity index is 1.82. The number of carboxylic acid groups (broad SMARTS) is 1. The Hall–Kier alpha value is -3.34. The summed E-state index contributed by atoms with van der Waals surface area (Å²) >= 11 is 0. The van der Waals surface area contributed by atoms with Crippen LogP contribution in [0.15, 0.2) is 54.7 Å². The number of carbonyl (C=O) groups is 2. The molecule has 1 amide bonds. The first-order chi connectivity index (χ1) is 12.1. The van der Waals surface area contributed by atoms with E-state index in [4.69, 9.17) is 5.11 Å². The van der Waals surface area contributed by atoms with Gasteiger partial charge in [0, 0.05) is 46.0 Å². The summed E-state index contributed by atoms with van der Waals surface area (Å²) in [6.07, 6.45) is 3.84. The Morgan fingerprint density at radius 3 is 2.72 bits per heavy atom. The Kier molecular flexibility index (Phi) is 3.61. The minimum absolute atomic E-state index is 0.0536. The number of nitrogens with one attached hydrogen (secondary N) is 1. The van der Waals surface area contributed by atoms with Crippen LogP contribution in [0.4, 0.5) is 5.69 Å². The van der Waals surface area contributed by atoms with Gasteiger partial charge in [-0.05, 0) is 18.2 Å². The molecule has 0 saturated heterocycles. The van der Waals surface area contributed by atoms with Crippen LogP contribution in [0.5, 0.6) is 0 Å². The van der Waals surface area contributed by atoms with Gasteiger partial charge in [0.2, 0.25) is 0 Å². The number of aryl methyl sites for hydroxylation is 1. The smallest absolute Gasteiger partial charge is 0.305 e. The van der Waals surface area contributed by atoms with Crippen LogP contribution in [-0.2, 0) is 16.1 Å². The number of hydrogen-bond acceptors (Lipinski definition) is 2. The number of hydrogen-bond donors (Lipinski definition) is 2. The van der Waals surface area contributed by atoms with E-state index in [1.165, 1.54) is 0 Å². The predicted octanol–water partition coefficient (Wildman–Crippen LogP) is 3.61. The fourth-order valence-electron chi connectivity index (χ4n) is 3.23. The van der Waals surface area contributed by atoms with Gasteiger partial charge in [-0.3, -0.25) is 9.59 Å². The summed E-state index contributed by atoms with van der Waals surface area (Å²) in [5.41, 5.74) is 4.19. The number of benzene rings is 2. The molecule has 2 heterocycles. The maximum Gasteiger partial charge on any atom is 0.305 e. The first kappa shape index (κ1) is 15.2. The Morgan fingerprint density at radius 1 is 1.12 bits per heavy atom. The van der Waals surface area contributed by atoms with Crippen LogP contribution in [0.3, 0.4) is 0 Å². The molecule has 0 fully saturated rings. The van der Waals surface area contributed by atoms with Gasteiger partial charge in [-0.15, -0.1) is 0 Å². The van der Waals surface area contributed by atoms with Gasteiger partial charge in [0.15, 0.2) is 0 Å². The van der Waals surface area contributed by atoms with Crippen LogP contribution in [0.1, 0.15) is 17.5 Å². The quantitative estimate of drug-likeness (QED) is 0.717. The molecule has 2 N–H and O–H groups in total. The molecule has 0 bridgehead atoms. The lowest BCUT2D eigenvalue weighted by atomic mass is 10.0. The summed E-state index contributed by atoms with van der Waals surface area (Å²) in [6, 6.07) is 15.4. The highest BCUT2D eigenvalue weighted by Crippen LogP contribution is 2.34. The topological polar surface area (TPSA) is 71.3 Å². The zero-order valence-corrected chi connectivity index (χ0v) is 13.4. The molecule has 0 spiro atoms. The fourth-order valence-corrected chi connectivity index (χ4v) is 3.23. The number of carbonyl (C=O) groups excluding carboxylic acids is 1. The van der Waals surface area contributed by atoms with Crippen molar-refractivity contribution >= 4 is 40.1 Å². The van der Waals surface area contributed by atoms with Crippen LogP contribution in [0.25, 0.3) is 22.6 Å². The highest BCUT2D eigenvalue weighted by atomic mass is 16.4. The third-order valence-electron chi connectivity index (χ3n) is 4.40. The largest absolute Gasteiger partial charge is 0.481 e. The highest BCUT2D eigenvalue weighted by molar-refractivity contribution is 6.35. The van der Waals surface area contributed by atoms with Gasteiger partial charge in [-0.2, -0.15) is 0 Å². The number of fused-ring (bicyclic) bond motifs is 2. The minimum atomic E-state index is -0.832. The van der Waals surface area contributed by atoms with Gasteiger partial charge in [-0.25, -0.2) is 0 Å². The first-order valence-corrected chi connectivity index (χ1v) is 8.05. The lowest BCUT2D eigenvalue weighted by Crippen LogP contribution is -2.03. The molecule has 5 nitrogen and oxygen atoms in total. The molecule has 0 unspecified atom stereocenters. The van der Waals surface area contributed by atoms with Crippen molar-refractivity contribution in [2.75, 3.05) is 5.32 Å². The molecule has 4 rings (SSSR count). The second-order valence-electron chi connectivity index (χ2n) is 6.00. The molecule has 3 aromatic rings. The van der Waals surface area contributed by atoms with Gasteiger partial charge in [0.05, 0.1) is 6.42 Å². The van der Waals surface area contributed by atoms with E-state index in [1.807, 2.05) is 65.4 Å². The molecule has 2 aromatic carbocycles. The van der Waals surface area contributed by atoms with Crippen LogP contribution in [-0.4, -0.2) is 21.6 Å². The van der Waals surface area contributed by atoms with Crippen LogP contribution < -0.4 is 5.32 Å². The Morgan fingerprint density at radius 2 is 1.88 bits per heavy atom. The fraction of sp³-hybridized carbons (Fsp3) is 0.100. The number of para-hydroxylation sites is 2. The lowest BCUT2D eigenvalue weighted by molar-refractivity contribution is -0.137. The zero-order chi connectivity index (χ0) is 17.4. The van der Waals surface area contributed by atoms with E-state index in [0.29, 0.717) is 12.1 Å². The van der Waals surface area contributed by atoms with E-state index in [9.17, 15) is 9.59 Å². The Labute approximate surface area is 144 Å². The van der Waals surface area contributed by atoms with E-state index >= 15 is 0 Å². The molecule has 25 heavy (non-hydrogen) atoms. The molecule has 0 saturated carbocycles. The van der Waals surface area contributed by atoms with Gasteiger partial charge in [0.1, 0.15) is 0 Å². The van der Waals surface area contributed by atoms with E-state index in [0.717, 1.165) is 27.7 Å². The van der Waals surface area contributed by atoms with Crippen molar-refractivity contribution < 1.29 is 14.7 Å². The van der Waals surface area contributed by atoms with Gasteiger partial charge in [-0.1, -0.05) is 36.4 Å². The SMILES string of the molecule is O=C(O)CCn1cc(/C=C2/C(=O)Nc3ccccc32)c2ccccc21. The summed E-state index contributed by atoms with van der Waals surface area (Å²) in [5, 5.41) is 12.8. The lowest BCUT2D eigenvalue weighted by Gasteiger charge is -2.01. The molecule has 1 aromatic heterocycles. The summed E-state index contributed by atoms with van der Waals surface area (Å²) in [4.78, 5) is 23.2. The number of rotatable bonds is 4. The van der Waals surface area contributed by atoms with Crippen LogP contribution in [0, 0.1) is 0 Å². The third kappa shape index (κ3) is 2.70. The first-order valence-electron chi connectivity index (χ1n) is 8.05. The number of anilines is 1. The molecular formula is C20H16N2O3. The molecule has 5 heteroatoms. The van der Waals surface area contributed by atoms with Gasteiger partial charge >= 0.3 is 5.97 Å². The van der Waals surface area contributed by atoms with E-state index in [2.05, 4.69) is 5.32 Å². The maximum atomic E-state index is 12.3. The van der Waals surface area contributed by atoms with Crippen molar-refractivity contribution in [3.63, 3.8) is 0 Å². The van der Waals surface area contributed by atoms with E-state index < -0.39 is 5.97 Å². The van der Waals surface area contributed by atoms with Crippen molar-refractivity contribution in [2.45, 2.75) is 13.0 Å². The summed E-state index contributed by atoms with van der Waals surface area (Å²) < 4.78 is 1.93. The second kappa shape index (κ2) is 5.94. The number of aromatic nitrogens is 1. The monoisotopic (exact) mass is 332 g/mol. The van der Waals surface area contributed by atoms with Gasteiger partial charge in [0.25, 0.3) is 5.91 Å². The standard InChI is InChI=1S/C20H16N2O3/c23-19(24)9-10-22-12-13(14-5-2-4-8-18(14)22)11-16-15-6-1-3-7-17(15)21-20(16)25/h1-8,11-12H,9-10H2,(H,21,25)(H,23,24)/b16-11+. The predicted molar refractivity (Wildman–Crippen MR) is 97.1 cm³/mol. The molecule has 124 valence electrons. The highest BCUT2D eigenvalue weighted by Gasteiger charge is 2.23. The zero-order valence-electron chi connectivity index (χ0n) is 13.4. The molecule has 0 radical (unpaired) electrons. The van der Waals surface area contributed by atoms with Gasteiger partial charge < -0.3 is 15.0 Å². The summed E-state index contributed by atoms with van der Waals surface area (Å²) in [7, 11) is 0. The van der Waals surface area contributed by atoms with Crippen molar-refractivity contribution in [2.24, 2.45) is 0 Å². The molecular weight excluding hydrogens is 316 g/mol. The minimum Gasteiger partial charge on any atom is -0.481 e. The third-order valence-corrected chi connectivity index (χ3v) is 4.40. The number of carboxylic acids is 1. The maximum absolute atomic E-state index is 12.3. The van der Waals surface area contributed by atoms with Crippen molar-refractivity contribution in [1.82, 2.24) is 4.57 Å². The Bertz CT molecular complexity index is 1030. The average Bonchev–Trinajstić information content (AvgIpc) is 3.12. The number of amides is 1. The van der Waals surface area contributed by atoms with Crippen molar-refractivity contribution in [3.05, 3.63) is 65.9 Å². The number of nitrogens with zero attached hydrogens (tertiary/aromatic N) is 1. The van der Waals surface area contributed by atoms with E-state index in [-0.39, 0.29) is 12.3 Å². The second-order valence-corrected chi connectivity index (χ2v) is 6.00. The molecule has 0 atom stereocenters. The number of aliphatic carboxylic acids is 1. The normalized spacial score (nSPS) is 14.7. The molecule has 1 aliphatic rings. The van der Waals surface area contributed by atoms with Crippen molar-refractivity contribution in [1.29, 1.82) is 0 Å². The van der Waals surface area contributed by atoms with E-state index in [1.54, 1.807) is 0 Å².